The number of hydrogen-bond donors (Lipinski definition) is 2. The summed E-state index contributed by atoms with van der Waals surface area (Å²) in [4.78, 5) is 0. The molecule has 0 heterocycles. The largest absolute Gasteiger partial charge is 2.00 e. The molecule has 0 atom stereocenters. The van der Waals surface area contributed by atoms with Gasteiger partial charge in [0.05, 0.1) is 0 Å². The third kappa shape index (κ3) is 18.3. The van der Waals surface area contributed by atoms with Gasteiger partial charge in [-0.15, -0.1) is 0 Å². The number of halogens is 2. The third-order valence-corrected chi connectivity index (χ3v) is 1.24. The monoisotopic (exact) mass is 379 g/mol. The SMILES string of the molecule is NC1CC1.NC1CC1.[Cl-].[Cl-].[Pt+2]. The first-order chi connectivity index (χ1) is 3.79. The van der Waals surface area contributed by atoms with Gasteiger partial charge >= 0.3 is 21.1 Å². The van der Waals surface area contributed by atoms with Crippen LogP contribution in [0.5, 0.6) is 0 Å². The minimum Gasteiger partial charge on any atom is -1.00 e. The maximum absolute atomic E-state index is 5.22. The van der Waals surface area contributed by atoms with E-state index in [-0.39, 0.29) is 45.9 Å². The van der Waals surface area contributed by atoms with Crippen molar-refractivity contribution in [1.82, 2.24) is 0 Å². The van der Waals surface area contributed by atoms with Gasteiger partial charge in [0.2, 0.25) is 0 Å². The second-order valence-electron chi connectivity index (χ2n) is 2.67. The number of hydrogen-bond acceptors (Lipinski definition) is 2. The molecule has 0 aromatic carbocycles. The van der Waals surface area contributed by atoms with Crippen LogP contribution < -0.4 is 36.3 Å². The van der Waals surface area contributed by atoms with Crippen molar-refractivity contribution in [3.8, 4) is 0 Å². The molecule has 2 rings (SSSR count). The van der Waals surface area contributed by atoms with Crippen LogP contribution >= 0.6 is 0 Å². The van der Waals surface area contributed by atoms with Crippen molar-refractivity contribution in [3.63, 3.8) is 0 Å². The van der Waals surface area contributed by atoms with Gasteiger partial charge in [0.1, 0.15) is 0 Å². The molecule has 2 saturated carbocycles. The summed E-state index contributed by atoms with van der Waals surface area (Å²) in [7, 11) is 0. The summed E-state index contributed by atoms with van der Waals surface area (Å²) in [6.45, 7) is 0. The minimum atomic E-state index is 0. The van der Waals surface area contributed by atoms with Crippen molar-refractivity contribution >= 4 is 0 Å². The minimum absolute atomic E-state index is 0. The van der Waals surface area contributed by atoms with Crippen LogP contribution in [0, 0.1) is 0 Å². The summed E-state index contributed by atoms with van der Waals surface area (Å²) in [5, 5.41) is 0. The predicted molar refractivity (Wildman–Crippen MR) is 34.4 cm³/mol. The molecule has 0 aromatic heterocycles. The van der Waals surface area contributed by atoms with E-state index in [9.17, 15) is 0 Å². The van der Waals surface area contributed by atoms with E-state index in [1.54, 1.807) is 0 Å². The van der Waals surface area contributed by atoms with Crippen LogP contribution in [0.1, 0.15) is 25.7 Å². The Bertz CT molecular complexity index is 67.0. The predicted octanol–water partition coefficient (Wildman–Crippen LogP) is -5.78. The zero-order valence-corrected chi connectivity index (χ0v) is 9.99. The van der Waals surface area contributed by atoms with Crippen molar-refractivity contribution in [3.05, 3.63) is 0 Å². The van der Waals surface area contributed by atoms with Crippen LogP contribution in [0.25, 0.3) is 0 Å². The molecule has 0 unspecified atom stereocenters. The van der Waals surface area contributed by atoms with Crippen LogP contribution in [0.15, 0.2) is 0 Å². The van der Waals surface area contributed by atoms with Crippen molar-refractivity contribution in [2.45, 2.75) is 37.8 Å². The summed E-state index contributed by atoms with van der Waals surface area (Å²) < 4.78 is 0. The average molecular weight is 380 g/mol. The van der Waals surface area contributed by atoms with Gasteiger partial charge in [0, 0.05) is 12.1 Å². The Balaban J connectivity index is -0.0000000914. The smallest absolute Gasteiger partial charge is 1.00 e. The van der Waals surface area contributed by atoms with E-state index in [0.717, 1.165) is 0 Å². The van der Waals surface area contributed by atoms with Gasteiger partial charge in [-0.3, -0.25) is 0 Å². The molecule has 2 nitrogen and oxygen atoms in total. The Labute approximate surface area is 94.9 Å². The molecule has 0 aliphatic heterocycles. The van der Waals surface area contributed by atoms with Crippen LogP contribution in [-0.4, -0.2) is 12.1 Å². The fourth-order valence-electron chi connectivity index (χ4n) is 0.192. The van der Waals surface area contributed by atoms with Crippen molar-refractivity contribution in [1.29, 1.82) is 0 Å². The molecule has 0 spiro atoms. The topological polar surface area (TPSA) is 52.0 Å². The fourth-order valence-corrected chi connectivity index (χ4v) is 0.192. The Morgan fingerprint density at radius 2 is 0.818 bits per heavy atom. The van der Waals surface area contributed by atoms with E-state index in [4.69, 9.17) is 11.5 Å². The molecule has 5 heteroatoms. The van der Waals surface area contributed by atoms with Gasteiger partial charge in [-0.25, -0.2) is 0 Å². The standard InChI is InChI=1S/2C3H7N.2ClH.Pt/c2*4-3-1-2-3;;;/h2*3H,1-2,4H2;2*1H;/q;;;;+2/p-2. The summed E-state index contributed by atoms with van der Waals surface area (Å²) in [5.74, 6) is 0. The normalized spacial score (nSPS) is 19.1. The first kappa shape index (κ1) is 18.1. The van der Waals surface area contributed by atoms with Crippen molar-refractivity contribution in [2.24, 2.45) is 11.5 Å². The van der Waals surface area contributed by atoms with Gasteiger partial charge in [-0.1, -0.05) is 0 Å². The van der Waals surface area contributed by atoms with Gasteiger partial charge in [0.15, 0.2) is 0 Å². The van der Waals surface area contributed by atoms with E-state index >= 15 is 0 Å². The molecular weight excluding hydrogens is 366 g/mol. The van der Waals surface area contributed by atoms with E-state index in [1.807, 2.05) is 0 Å². The summed E-state index contributed by atoms with van der Waals surface area (Å²) in [6, 6.07) is 1.17. The third-order valence-electron chi connectivity index (χ3n) is 1.24. The zero-order chi connectivity index (χ0) is 5.98. The van der Waals surface area contributed by atoms with E-state index in [1.165, 1.54) is 25.7 Å². The Morgan fingerprint density at radius 3 is 0.818 bits per heavy atom. The molecule has 4 N–H and O–H groups in total. The summed E-state index contributed by atoms with van der Waals surface area (Å²) in [5.41, 5.74) is 10.4. The van der Waals surface area contributed by atoms with Gasteiger partial charge in [-0.05, 0) is 25.7 Å². The van der Waals surface area contributed by atoms with E-state index in [0.29, 0.717) is 12.1 Å². The zero-order valence-electron chi connectivity index (χ0n) is 6.21. The van der Waals surface area contributed by atoms with Gasteiger partial charge in [0.25, 0.3) is 0 Å². The van der Waals surface area contributed by atoms with Crippen molar-refractivity contribution < 1.29 is 45.9 Å². The first-order valence-corrected chi connectivity index (χ1v) is 3.30. The Kier molecular flexibility index (Phi) is 15.2. The maximum Gasteiger partial charge on any atom is 2.00 e. The molecule has 11 heavy (non-hydrogen) atoms. The van der Waals surface area contributed by atoms with Crippen LogP contribution in [0.4, 0.5) is 0 Å². The van der Waals surface area contributed by atoms with E-state index in [2.05, 4.69) is 0 Å². The van der Waals surface area contributed by atoms with Crippen LogP contribution in [0.2, 0.25) is 0 Å². The molecule has 2 aliphatic carbocycles. The summed E-state index contributed by atoms with van der Waals surface area (Å²) >= 11 is 0. The first-order valence-electron chi connectivity index (χ1n) is 3.30. The van der Waals surface area contributed by atoms with Gasteiger partial charge in [-0.2, -0.15) is 0 Å². The molecule has 0 aromatic rings. The quantitative estimate of drug-likeness (QED) is 0.440. The molecular formula is C6H14Cl2N2Pt. The number of rotatable bonds is 0. The number of nitrogens with two attached hydrogens (primary N) is 2. The summed E-state index contributed by atoms with van der Waals surface area (Å²) in [6.07, 6.45) is 5.06. The average Bonchev–Trinajstić information content (AvgIpc) is 2.47. The van der Waals surface area contributed by atoms with Gasteiger partial charge < -0.3 is 36.3 Å². The molecule has 72 valence electrons. The van der Waals surface area contributed by atoms with Crippen LogP contribution in [-0.2, 0) is 21.1 Å². The second-order valence-corrected chi connectivity index (χ2v) is 2.67. The Morgan fingerprint density at radius 1 is 0.727 bits per heavy atom. The molecule has 0 radical (unpaired) electrons. The van der Waals surface area contributed by atoms with E-state index < -0.39 is 0 Å². The Hall–Kier alpha value is 1.19. The fraction of sp³-hybridized carbons (Fsp3) is 1.00. The molecule has 0 bridgehead atoms. The molecule has 0 amide bonds. The maximum atomic E-state index is 5.22. The second kappa shape index (κ2) is 9.28. The van der Waals surface area contributed by atoms with Crippen LogP contribution in [0.3, 0.4) is 0 Å². The molecule has 2 fully saturated rings. The molecule has 0 saturated heterocycles. The molecule has 2 aliphatic rings. The van der Waals surface area contributed by atoms with Crippen molar-refractivity contribution in [2.75, 3.05) is 0 Å².